The molecule has 31 heavy (non-hydrogen) atoms. The highest BCUT2D eigenvalue weighted by molar-refractivity contribution is 7.99. The highest BCUT2D eigenvalue weighted by Gasteiger charge is 2.15. The quantitative estimate of drug-likeness (QED) is 0.411. The van der Waals surface area contributed by atoms with Crippen LogP contribution in [0, 0.1) is 13.8 Å². The smallest absolute Gasteiger partial charge is 0.253 e. The van der Waals surface area contributed by atoms with E-state index >= 15 is 0 Å². The average molecular weight is 433 g/mol. The van der Waals surface area contributed by atoms with E-state index in [2.05, 4.69) is 20.4 Å². The number of furan rings is 1. The first-order valence-corrected chi connectivity index (χ1v) is 10.6. The van der Waals surface area contributed by atoms with Crippen LogP contribution in [0.25, 0.3) is 27.7 Å². The van der Waals surface area contributed by atoms with Gasteiger partial charge in [-0.2, -0.15) is 4.98 Å². The van der Waals surface area contributed by atoms with E-state index in [4.69, 9.17) is 9.15 Å². The number of thioether (sulfide) groups is 1. The number of nitrogens with one attached hydrogen (secondary N) is 1. The summed E-state index contributed by atoms with van der Waals surface area (Å²) in [6, 6.07) is 13.4. The summed E-state index contributed by atoms with van der Waals surface area (Å²) < 4.78 is 13.1. The third-order valence-corrected chi connectivity index (χ3v) is 5.74. The molecular formula is C22H19N5O3S. The zero-order valence-corrected chi connectivity index (χ0v) is 18.0. The van der Waals surface area contributed by atoms with E-state index in [-0.39, 0.29) is 11.7 Å². The lowest BCUT2D eigenvalue weighted by molar-refractivity contribution is -0.113. The molecule has 3 aromatic heterocycles. The molecule has 0 atom stereocenters. The standard InChI is InChI=1S/C22H19N5O3S/c1-12-8-13(2)27-21(23-12)25-22(26-27)31-11-20(28)24-16-10-18-15(9-19(16)29-3)14-6-4-5-7-17(14)30-18/h4-10H,11H2,1-3H3,(H,24,28). The molecule has 2 aromatic carbocycles. The predicted molar refractivity (Wildman–Crippen MR) is 120 cm³/mol. The van der Waals surface area contributed by atoms with Gasteiger partial charge in [-0.15, -0.1) is 5.10 Å². The maximum absolute atomic E-state index is 12.6. The number of para-hydroxylation sites is 1. The van der Waals surface area contributed by atoms with Crippen molar-refractivity contribution in [2.24, 2.45) is 0 Å². The molecule has 5 aromatic rings. The summed E-state index contributed by atoms with van der Waals surface area (Å²) in [5, 5.41) is 9.75. The van der Waals surface area contributed by atoms with Crippen molar-refractivity contribution in [1.82, 2.24) is 19.6 Å². The molecular weight excluding hydrogens is 414 g/mol. The van der Waals surface area contributed by atoms with Crippen molar-refractivity contribution in [3.05, 3.63) is 53.9 Å². The van der Waals surface area contributed by atoms with Gasteiger partial charge in [0.25, 0.3) is 5.78 Å². The number of aryl methyl sites for hydroxylation is 2. The van der Waals surface area contributed by atoms with Crippen LogP contribution in [0.3, 0.4) is 0 Å². The molecule has 3 heterocycles. The number of hydrogen-bond acceptors (Lipinski definition) is 7. The fourth-order valence-corrected chi connectivity index (χ4v) is 4.16. The number of ether oxygens (including phenoxy) is 1. The SMILES string of the molecule is COc1cc2c(cc1NC(=O)CSc1nc3nc(C)cc(C)n3n1)oc1ccccc12. The van der Waals surface area contributed by atoms with E-state index in [1.165, 1.54) is 11.8 Å². The lowest BCUT2D eigenvalue weighted by Gasteiger charge is -2.10. The van der Waals surface area contributed by atoms with Gasteiger partial charge in [0.05, 0.1) is 18.6 Å². The molecule has 8 nitrogen and oxygen atoms in total. The Labute approximate surface area is 181 Å². The van der Waals surface area contributed by atoms with Gasteiger partial charge in [0.15, 0.2) is 0 Å². The monoisotopic (exact) mass is 433 g/mol. The van der Waals surface area contributed by atoms with Gasteiger partial charge in [-0.3, -0.25) is 4.79 Å². The summed E-state index contributed by atoms with van der Waals surface area (Å²) in [4.78, 5) is 21.4. The molecule has 0 spiro atoms. The number of hydrogen-bond donors (Lipinski definition) is 1. The molecule has 0 saturated carbocycles. The van der Waals surface area contributed by atoms with Gasteiger partial charge in [0, 0.05) is 28.2 Å². The molecule has 5 rings (SSSR count). The van der Waals surface area contributed by atoms with E-state index in [0.717, 1.165) is 27.7 Å². The molecule has 0 aliphatic rings. The Hall–Kier alpha value is -3.59. The molecule has 1 N–H and O–H groups in total. The van der Waals surface area contributed by atoms with Crippen LogP contribution in [0.2, 0.25) is 0 Å². The number of anilines is 1. The average Bonchev–Trinajstić information content (AvgIpc) is 3.32. The van der Waals surface area contributed by atoms with Crippen molar-refractivity contribution in [3.8, 4) is 5.75 Å². The summed E-state index contributed by atoms with van der Waals surface area (Å²) in [6.45, 7) is 3.85. The van der Waals surface area contributed by atoms with Crippen LogP contribution in [0.4, 0.5) is 5.69 Å². The Kier molecular flexibility index (Phi) is 4.74. The molecule has 0 saturated heterocycles. The summed E-state index contributed by atoms with van der Waals surface area (Å²) in [5.74, 6) is 1.05. The summed E-state index contributed by atoms with van der Waals surface area (Å²) >= 11 is 1.25. The first kappa shape index (κ1) is 19.4. The Balaban J connectivity index is 1.36. The van der Waals surface area contributed by atoms with Crippen LogP contribution in [-0.2, 0) is 4.79 Å². The minimum atomic E-state index is -0.196. The van der Waals surface area contributed by atoms with Crippen molar-refractivity contribution in [2.75, 3.05) is 18.2 Å². The summed E-state index contributed by atoms with van der Waals surface area (Å²) in [5.41, 5.74) is 3.84. The van der Waals surface area contributed by atoms with Crippen LogP contribution in [-0.4, -0.2) is 38.4 Å². The molecule has 0 aliphatic heterocycles. The predicted octanol–water partition coefficient (Wildman–Crippen LogP) is 4.38. The second-order valence-corrected chi connectivity index (χ2v) is 8.07. The molecule has 0 fully saturated rings. The Morgan fingerprint density at radius 2 is 1.97 bits per heavy atom. The Morgan fingerprint density at radius 1 is 1.13 bits per heavy atom. The van der Waals surface area contributed by atoms with E-state index in [1.807, 2.05) is 50.2 Å². The number of nitrogens with zero attached hydrogens (tertiary/aromatic N) is 4. The van der Waals surface area contributed by atoms with Gasteiger partial charge in [-0.25, -0.2) is 9.50 Å². The maximum atomic E-state index is 12.6. The number of carbonyl (C=O) groups excluding carboxylic acids is 1. The van der Waals surface area contributed by atoms with E-state index < -0.39 is 0 Å². The van der Waals surface area contributed by atoms with Crippen molar-refractivity contribution >= 4 is 51.1 Å². The van der Waals surface area contributed by atoms with E-state index in [9.17, 15) is 4.79 Å². The van der Waals surface area contributed by atoms with E-state index in [1.54, 1.807) is 17.7 Å². The topological polar surface area (TPSA) is 94.5 Å². The van der Waals surface area contributed by atoms with Crippen molar-refractivity contribution < 1.29 is 13.9 Å². The normalized spacial score (nSPS) is 11.5. The zero-order chi connectivity index (χ0) is 21.5. The number of amides is 1. The molecule has 156 valence electrons. The summed E-state index contributed by atoms with van der Waals surface area (Å²) in [7, 11) is 1.58. The zero-order valence-electron chi connectivity index (χ0n) is 17.2. The second-order valence-electron chi connectivity index (χ2n) is 7.13. The third kappa shape index (κ3) is 3.57. The summed E-state index contributed by atoms with van der Waals surface area (Å²) in [6.07, 6.45) is 0. The molecule has 0 radical (unpaired) electrons. The van der Waals surface area contributed by atoms with Crippen LogP contribution in [0.15, 0.2) is 52.0 Å². The van der Waals surface area contributed by atoms with Gasteiger partial charge in [-0.05, 0) is 32.0 Å². The van der Waals surface area contributed by atoms with Gasteiger partial charge >= 0.3 is 0 Å². The first-order chi connectivity index (χ1) is 15.0. The minimum absolute atomic E-state index is 0.149. The number of methoxy groups -OCH3 is 1. The second kappa shape index (κ2) is 7.59. The van der Waals surface area contributed by atoms with Crippen LogP contribution < -0.4 is 10.1 Å². The molecule has 0 unspecified atom stereocenters. The first-order valence-electron chi connectivity index (χ1n) is 9.65. The molecule has 0 aliphatic carbocycles. The highest BCUT2D eigenvalue weighted by Crippen LogP contribution is 2.36. The van der Waals surface area contributed by atoms with Gasteiger partial charge in [0.1, 0.15) is 16.9 Å². The number of benzene rings is 2. The van der Waals surface area contributed by atoms with Crippen LogP contribution in [0.1, 0.15) is 11.4 Å². The third-order valence-electron chi connectivity index (χ3n) is 4.90. The van der Waals surface area contributed by atoms with Gasteiger partial charge < -0.3 is 14.5 Å². The van der Waals surface area contributed by atoms with Gasteiger partial charge in [-0.1, -0.05) is 30.0 Å². The lowest BCUT2D eigenvalue weighted by Crippen LogP contribution is -2.14. The number of carbonyl (C=O) groups is 1. The van der Waals surface area contributed by atoms with Crippen molar-refractivity contribution in [1.29, 1.82) is 0 Å². The maximum Gasteiger partial charge on any atom is 0.253 e. The van der Waals surface area contributed by atoms with Crippen LogP contribution in [0.5, 0.6) is 5.75 Å². The number of fused-ring (bicyclic) bond motifs is 4. The van der Waals surface area contributed by atoms with E-state index in [0.29, 0.717) is 28.0 Å². The Bertz CT molecular complexity index is 1460. The number of rotatable bonds is 5. The lowest BCUT2D eigenvalue weighted by atomic mass is 10.1. The fraction of sp³-hybridized carbons (Fsp3) is 0.182. The molecule has 1 amide bonds. The highest BCUT2D eigenvalue weighted by atomic mass is 32.2. The fourth-order valence-electron chi connectivity index (χ4n) is 3.54. The Morgan fingerprint density at radius 3 is 2.81 bits per heavy atom. The molecule has 0 bridgehead atoms. The molecule has 9 heteroatoms. The largest absolute Gasteiger partial charge is 0.495 e. The van der Waals surface area contributed by atoms with Crippen LogP contribution >= 0.6 is 11.8 Å². The number of aromatic nitrogens is 4. The minimum Gasteiger partial charge on any atom is -0.495 e. The van der Waals surface area contributed by atoms with Gasteiger partial charge in [0.2, 0.25) is 11.1 Å². The van der Waals surface area contributed by atoms with Crippen molar-refractivity contribution in [2.45, 2.75) is 19.0 Å². The van der Waals surface area contributed by atoms with Crippen molar-refractivity contribution in [3.63, 3.8) is 0 Å².